The van der Waals surface area contributed by atoms with Crippen molar-refractivity contribution < 1.29 is 9.53 Å². The van der Waals surface area contributed by atoms with Gasteiger partial charge in [0.2, 0.25) is 0 Å². The van der Waals surface area contributed by atoms with Crippen molar-refractivity contribution in [1.82, 2.24) is 14.5 Å². The zero-order chi connectivity index (χ0) is 16.4. The number of rotatable bonds is 3. The summed E-state index contributed by atoms with van der Waals surface area (Å²) in [7, 11) is 0. The van der Waals surface area contributed by atoms with Crippen molar-refractivity contribution in [2.24, 2.45) is 0 Å². The van der Waals surface area contributed by atoms with Gasteiger partial charge in [0.25, 0.3) is 0 Å². The second kappa shape index (κ2) is 6.16. The molecule has 0 radical (unpaired) electrons. The summed E-state index contributed by atoms with van der Waals surface area (Å²) in [5.74, 6) is 0.777. The number of ether oxygens (including phenoxy) is 1. The van der Waals surface area contributed by atoms with Gasteiger partial charge in [-0.15, -0.1) is 0 Å². The monoisotopic (exact) mass is 313 g/mol. The Hall–Kier alpha value is -2.14. The van der Waals surface area contributed by atoms with E-state index in [9.17, 15) is 4.79 Å². The highest BCUT2D eigenvalue weighted by molar-refractivity contribution is 5.80. The van der Waals surface area contributed by atoms with E-state index in [-0.39, 0.29) is 11.6 Å². The molecule has 1 amide bonds. The SMILES string of the molecule is CCc1nc(-c2ccccc2)cn1C(=O)N1COCC1(C)CC. The fraction of sp³-hybridized carbons (Fsp3) is 0.444. The number of aromatic nitrogens is 2. The fourth-order valence-electron chi connectivity index (χ4n) is 2.88. The van der Waals surface area contributed by atoms with Gasteiger partial charge in [0.1, 0.15) is 12.6 Å². The van der Waals surface area contributed by atoms with Gasteiger partial charge in [0, 0.05) is 18.2 Å². The largest absolute Gasteiger partial charge is 0.359 e. The maximum absolute atomic E-state index is 13.0. The summed E-state index contributed by atoms with van der Waals surface area (Å²) in [5, 5.41) is 0. The van der Waals surface area contributed by atoms with E-state index in [0.29, 0.717) is 19.8 Å². The molecule has 1 fully saturated rings. The normalized spacial score (nSPS) is 20.9. The van der Waals surface area contributed by atoms with Crippen LogP contribution < -0.4 is 0 Å². The summed E-state index contributed by atoms with van der Waals surface area (Å²) < 4.78 is 7.21. The number of aryl methyl sites for hydroxylation is 1. The maximum Gasteiger partial charge on any atom is 0.332 e. The van der Waals surface area contributed by atoms with E-state index in [0.717, 1.165) is 23.5 Å². The summed E-state index contributed by atoms with van der Waals surface area (Å²) in [4.78, 5) is 19.5. The van der Waals surface area contributed by atoms with Crippen LogP contribution in [0.25, 0.3) is 11.3 Å². The first-order valence-corrected chi connectivity index (χ1v) is 8.12. The van der Waals surface area contributed by atoms with Crippen LogP contribution in [0.2, 0.25) is 0 Å². The van der Waals surface area contributed by atoms with E-state index in [4.69, 9.17) is 4.74 Å². The van der Waals surface area contributed by atoms with Crippen molar-refractivity contribution in [3.8, 4) is 11.3 Å². The number of imidazole rings is 1. The van der Waals surface area contributed by atoms with Crippen molar-refractivity contribution >= 4 is 6.03 Å². The van der Waals surface area contributed by atoms with Crippen LogP contribution in [0.15, 0.2) is 36.5 Å². The molecule has 1 aliphatic rings. The summed E-state index contributed by atoms with van der Waals surface area (Å²) in [6.45, 7) is 7.08. The van der Waals surface area contributed by atoms with Crippen molar-refractivity contribution in [2.45, 2.75) is 39.2 Å². The molecule has 5 nitrogen and oxygen atoms in total. The lowest BCUT2D eigenvalue weighted by Gasteiger charge is -2.32. The molecule has 2 heterocycles. The Morgan fingerprint density at radius 2 is 2.04 bits per heavy atom. The molecule has 2 aromatic rings. The van der Waals surface area contributed by atoms with Crippen LogP contribution in [-0.4, -0.2) is 39.4 Å². The van der Waals surface area contributed by atoms with Crippen LogP contribution in [-0.2, 0) is 11.2 Å². The standard InChI is InChI=1S/C18H23N3O2/c1-4-16-19-15(14-9-7-6-8-10-14)11-20(16)17(22)21-13-23-12-18(21,3)5-2/h6-11H,4-5,12-13H2,1-3H3. The molecule has 1 aromatic heterocycles. The van der Waals surface area contributed by atoms with Crippen LogP contribution >= 0.6 is 0 Å². The van der Waals surface area contributed by atoms with E-state index >= 15 is 0 Å². The summed E-state index contributed by atoms with van der Waals surface area (Å²) in [6.07, 6.45) is 3.40. The van der Waals surface area contributed by atoms with Gasteiger partial charge in [-0.2, -0.15) is 0 Å². The molecule has 1 unspecified atom stereocenters. The summed E-state index contributed by atoms with van der Waals surface area (Å²) >= 11 is 0. The molecule has 0 N–H and O–H groups in total. The van der Waals surface area contributed by atoms with E-state index < -0.39 is 0 Å². The molecule has 3 rings (SSSR count). The van der Waals surface area contributed by atoms with Crippen molar-refractivity contribution in [2.75, 3.05) is 13.3 Å². The molecule has 122 valence electrons. The van der Waals surface area contributed by atoms with Crippen LogP contribution in [0.4, 0.5) is 4.79 Å². The van der Waals surface area contributed by atoms with Gasteiger partial charge in [0.05, 0.1) is 17.8 Å². The molecule has 5 heteroatoms. The maximum atomic E-state index is 13.0. The van der Waals surface area contributed by atoms with Crippen molar-refractivity contribution in [3.05, 3.63) is 42.4 Å². The Kier molecular flexibility index (Phi) is 4.22. The average molecular weight is 313 g/mol. The van der Waals surface area contributed by atoms with Gasteiger partial charge in [-0.3, -0.25) is 9.47 Å². The van der Waals surface area contributed by atoms with E-state index in [1.807, 2.05) is 48.4 Å². The number of benzene rings is 1. The summed E-state index contributed by atoms with van der Waals surface area (Å²) in [6, 6.07) is 9.88. The summed E-state index contributed by atoms with van der Waals surface area (Å²) in [5.41, 5.74) is 1.60. The third kappa shape index (κ3) is 2.77. The van der Waals surface area contributed by atoms with Gasteiger partial charge in [-0.25, -0.2) is 9.78 Å². The van der Waals surface area contributed by atoms with Gasteiger partial charge in [-0.1, -0.05) is 44.2 Å². The number of carbonyl (C=O) groups is 1. The highest BCUT2D eigenvalue weighted by Crippen LogP contribution is 2.28. The van der Waals surface area contributed by atoms with E-state index in [1.165, 1.54) is 0 Å². The zero-order valence-electron chi connectivity index (χ0n) is 14.0. The number of carbonyl (C=O) groups excluding carboxylic acids is 1. The highest BCUT2D eigenvalue weighted by atomic mass is 16.5. The first kappa shape index (κ1) is 15.7. The minimum absolute atomic E-state index is 0.0571. The first-order chi connectivity index (χ1) is 11.1. The molecule has 0 saturated carbocycles. The first-order valence-electron chi connectivity index (χ1n) is 8.12. The molecular formula is C18H23N3O2. The quantitative estimate of drug-likeness (QED) is 0.871. The van der Waals surface area contributed by atoms with Crippen molar-refractivity contribution in [3.63, 3.8) is 0 Å². The molecule has 1 atom stereocenters. The highest BCUT2D eigenvalue weighted by Gasteiger charge is 2.40. The Bertz CT molecular complexity index is 696. The molecule has 1 aliphatic heterocycles. The fourth-order valence-corrected chi connectivity index (χ4v) is 2.88. The molecule has 0 bridgehead atoms. The minimum Gasteiger partial charge on any atom is -0.359 e. The number of hydrogen-bond acceptors (Lipinski definition) is 3. The molecule has 0 spiro atoms. The third-order valence-electron chi connectivity index (χ3n) is 4.65. The lowest BCUT2D eigenvalue weighted by molar-refractivity contribution is 0.137. The number of amides is 1. The number of hydrogen-bond donors (Lipinski definition) is 0. The Balaban J connectivity index is 1.96. The van der Waals surface area contributed by atoms with Crippen LogP contribution in [0, 0.1) is 0 Å². The zero-order valence-corrected chi connectivity index (χ0v) is 14.0. The van der Waals surface area contributed by atoms with Gasteiger partial charge in [-0.05, 0) is 13.3 Å². The third-order valence-corrected chi connectivity index (χ3v) is 4.65. The van der Waals surface area contributed by atoms with Gasteiger partial charge >= 0.3 is 6.03 Å². The van der Waals surface area contributed by atoms with Crippen LogP contribution in [0.1, 0.15) is 33.0 Å². The Morgan fingerprint density at radius 3 is 2.70 bits per heavy atom. The van der Waals surface area contributed by atoms with E-state index in [2.05, 4.69) is 18.8 Å². The second-order valence-corrected chi connectivity index (χ2v) is 6.17. The van der Waals surface area contributed by atoms with Crippen LogP contribution in [0.5, 0.6) is 0 Å². The Labute approximate surface area is 136 Å². The van der Waals surface area contributed by atoms with Gasteiger partial charge in [0.15, 0.2) is 0 Å². The lowest BCUT2D eigenvalue weighted by atomic mass is 10.00. The predicted octanol–water partition coefficient (Wildman–Crippen LogP) is 3.54. The number of nitrogens with zero attached hydrogens (tertiary/aromatic N) is 3. The minimum atomic E-state index is -0.251. The Morgan fingerprint density at radius 1 is 1.30 bits per heavy atom. The van der Waals surface area contributed by atoms with E-state index in [1.54, 1.807) is 4.57 Å². The van der Waals surface area contributed by atoms with Gasteiger partial charge < -0.3 is 4.74 Å². The predicted molar refractivity (Wildman–Crippen MR) is 89.2 cm³/mol. The molecule has 1 aromatic carbocycles. The smallest absolute Gasteiger partial charge is 0.332 e. The lowest BCUT2D eigenvalue weighted by Crippen LogP contribution is -2.48. The molecular weight excluding hydrogens is 290 g/mol. The molecule has 23 heavy (non-hydrogen) atoms. The molecule has 0 aliphatic carbocycles. The average Bonchev–Trinajstić information content (AvgIpc) is 3.19. The molecule has 1 saturated heterocycles. The topological polar surface area (TPSA) is 47.4 Å². The van der Waals surface area contributed by atoms with Crippen molar-refractivity contribution in [1.29, 1.82) is 0 Å². The van der Waals surface area contributed by atoms with Crippen LogP contribution in [0.3, 0.4) is 0 Å². The second-order valence-electron chi connectivity index (χ2n) is 6.17.